The maximum atomic E-state index is 13.0. The Morgan fingerprint density at radius 1 is 1.30 bits per heavy atom. The minimum atomic E-state index is -3.56. The smallest absolute Gasteiger partial charge is 0.374 e. The molecule has 0 unspecified atom stereocenters. The number of sulfonamides is 1. The van der Waals surface area contributed by atoms with Gasteiger partial charge in [-0.25, -0.2) is 13.2 Å². The molecule has 1 aromatic carbocycles. The molecule has 0 saturated carbocycles. The Morgan fingerprint density at radius 2 is 1.96 bits per heavy atom. The largest absolute Gasteiger partial charge is 0.460 e. The van der Waals surface area contributed by atoms with Crippen LogP contribution in [0.3, 0.4) is 0 Å². The summed E-state index contributed by atoms with van der Waals surface area (Å²) in [5.74, 6) is 0.364. The fourth-order valence-electron chi connectivity index (χ4n) is 3.91. The van der Waals surface area contributed by atoms with Crippen LogP contribution in [0.5, 0.6) is 0 Å². The topological polar surface area (TPSA) is 88.8 Å². The van der Waals surface area contributed by atoms with Gasteiger partial charge < -0.3 is 14.5 Å². The number of aryl methyl sites for hydroxylation is 1. The molecule has 2 aliphatic rings. The van der Waals surface area contributed by atoms with Crippen molar-refractivity contribution in [1.29, 1.82) is 0 Å². The summed E-state index contributed by atoms with van der Waals surface area (Å²) in [6.07, 6.45) is 0. The fourth-order valence-corrected chi connectivity index (χ4v) is 5.49. The molecule has 0 aliphatic carbocycles. The lowest BCUT2D eigenvalue weighted by atomic mass is 10.0. The van der Waals surface area contributed by atoms with E-state index in [1.54, 1.807) is 36.4 Å². The monoisotopic (exact) mass is 414 g/mol. The summed E-state index contributed by atoms with van der Waals surface area (Å²) < 4.78 is 38.2. The molecule has 0 radical (unpaired) electrons. The third-order valence-corrected chi connectivity index (χ3v) is 7.19. The minimum Gasteiger partial charge on any atom is -0.460 e. The van der Waals surface area contributed by atoms with Crippen LogP contribution in [0, 0.1) is 18.8 Å². The zero-order valence-electron chi connectivity index (χ0n) is 15.2. The van der Waals surface area contributed by atoms with Gasteiger partial charge in [-0.15, -0.1) is 12.4 Å². The Hall–Kier alpha value is -1.61. The van der Waals surface area contributed by atoms with Gasteiger partial charge in [-0.3, -0.25) is 0 Å². The van der Waals surface area contributed by atoms with Crippen molar-refractivity contribution in [3.8, 4) is 0 Å². The minimum absolute atomic E-state index is 0. The van der Waals surface area contributed by atoms with E-state index in [2.05, 4.69) is 5.32 Å². The lowest BCUT2D eigenvalue weighted by Crippen LogP contribution is -2.31. The quantitative estimate of drug-likeness (QED) is 0.771. The molecule has 2 aliphatic heterocycles. The van der Waals surface area contributed by atoms with E-state index in [-0.39, 0.29) is 29.7 Å². The Morgan fingerprint density at radius 3 is 2.59 bits per heavy atom. The van der Waals surface area contributed by atoms with Crippen LogP contribution in [0.2, 0.25) is 0 Å². The number of carbonyl (C=O) groups excluding carboxylic acids is 1. The van der Waals surface area contributed by atoms with Gasteiger partial charge in [0.05, 0.1) is 11.5 Å². The zero-order chi connectivity index (χ0) is 18.5. The molecule has 0 bridgehead atoms. The SMILES string of the molecule is CCOC(=O)c1oc2ccc(S(=O)(=O)N3C[C@H]4CNC[C@H]4C3)cc2c1C.Cl. The van der Waals surface area contributed by atoms with Crippen molar-refractivity contribution in [2.24, 2.45) is 11.8 Å². The average molecular weight is 415 g/mol. The van der Waals surface area contributed by atoms with Gasteiger partial charge in [0.1, 0.15) is 5.58 Å². The van der Waals surface area contributed by atoms with Crippen LogP contribution in [-0.4, -0.2) is 51.5 Å². The molecular weight excluding hydrogens is 392 g/mol. The molecule has 0 spiro atoms. The van der Waals surface area contributed by atoms with E-state index in [0.29, 0.717) is 41.5 Å². The van der Waals surface area contributed by atoms with Crippen LogP contribution in [0.25, 0.3) is 11.0 Å². The first kappa shape index (κ1) is 20.1. The number of benzene rings is 1. The average Bonchev–Trinajstić information content (AvgIpc) is 3.28. The highest BCUT2D eigenvalue weighted by atomic mass is 35.5. The second kappa shape index (κ2) is 7.43. The van der Waals surface area contributed by atoms with Gasteiger partial charge in [0.15, 0.2) is 0 Å². The molecule has 2 atom stereocenters. The van der Waals surface area contributed by atoms with E-state index >= 15 is 0 Å². The number of halogens is 1. The predicted octanol–water partition coefficient (Wildman–Crippen LogP) is 2.18. The maximum Gasteiger partial charge on any atom is 0.374 e. The summed E-state index contributed by atoms with van der Waals surface area (Å²) >= 11 is 0. The number of fused-ring (bicyclic) bond motifs is 2. The van der Waals surface area contributed by atoms with E-state index in [1.165, 1.54) is 0 Å². The van der Waals surface area contributed by atoms with E-state index in [1.807, 2.05) is 0 Å². The standard InChI is InChI=1S/C18H22N2O5S.ClH/c1-3-24-18(21)17-11(2)15-6-14(4-5-16(15)25-17)26(22,23)20-9-12-7-19-8-13(12)10-20;/h4-6,12-13,19H,3,7-10H2,1-2H3;1H/t12-,13+;. The third-order valence-electron chi connectivity index (χ3n) is 5.36. The lowest BCUT2D eigenvalue weighted by Gasteiger charge is -2.17. The maximum absolute atomic E-state index is 13.0. The Labute approximate surface area is 164 Å². The highest BCUT2D eigenvalue weighted by Gasteiger charge is 2.41. The van der Waals surface area contributed by atoms with Crippen molar-refractivity contribution in [2.75, 3.05) is 32.8 Å². The second-order valence-corrected chi connectivity index (χ2v) is 8.87. The number of hydrogen-bond donors (Lipinski definition) is 1. The number of furan rings is 1. The van der Waals surface area contributed by atoms with E-state index < -0.39 is 16.0 Å². The number of ether oxygens (including phenoxy) is 1. The molecule has 148 valence electrons. The van der Waals surface area contributed by atoms with E-state index in [0.717, 1.165) is 13.1 Å². The summed E-state index contributed by atoms with van der Waals surface area (Å²) in [7, 11) is -3.56. The number of rotatable bonds is 4. The van der Waals surface area contributed by atoms with Gasteiger partial charge in [-0.2, -0.15) is 4.31 Å². The van der Waals surface area contributed by atoms with Crippen molar-refractivity contribution in [3.63, 3.8) is 0 Å². The van der Waals surface area contributed by atoms with Crippen LogP contribution >= 0.6 is 12.4 Å². The predicted molar refractivity (Wildman–Crippen MR) is 103 cm³/mol. The Bertz CT molecular complexity index is 960. The van der Waals surface area contributed by atoms with Gasteiger partial charge >= 0.3 is 5.97 Å². The number of hydrogen-bond acceptors (Lipinski definition) is 6. The molecule has 2 aromatic rings. The molecule has 3 heterocycles. The lowest BCUT2D eigenvalue weighted by molar-refractivity contribution is 0.0491. The van der Waals surface area contributed by atoms with Gasteiger partial charge in [0.25, 0.3) is 0 Å². The zero-order valence-corrected chi connectivity index (χ0v) is 16.9. The van der Waals surface area contributed by atoms with Crippen LogP contribution in [0.15, 0.2) is 27.5 Å². The van der Waals surface area contributed by atoms with Gasteiger partial charge in [-0.1, -0.05) is 0 Å². The van der Waals surface area contributed by atoms with Crippen LogP contribution in [0.4, 0.5) is 0 Å². The molecule has 4 rings (SSSR count). The first-order chi connectivity index (χ1) is 12.4. The molecule has 7 nitrogen and oxygen atoms in total. The van der Waals surface area contributed by atoms with Crippen LogP contribution < -0.4 is 5.32 Å². The normalized spacial score (nSPS) is 22.6. The summed E-state index contributed by atoms with van der Waals surface area (Å²) in [6.45, 7) is 6.56. The summed E-state index contributed by atoms with van der Waals surface area (Å²) in [5.41, 5.74) is 1.07. The number of esters is 1. The molecule has 27 heavy (non-hydrogen) atoms. The van der Waals surface area contributed by atoms with Crippen molar-refractivity contribution in [2.45, 2.75) is 18.7 Å². The molecule has 2 saturated heterocycles. The molecule has 2 fully saturated rings. The van der Waals surface area contributed by atoms with Crippen molar-refractivity contribution >= 4 is 39.4 Å². The molecule has 1 aromatic heterocycles. The third kappa shape index (κ3) is 3.35. The van der Waals surface area contributed by atoms with Crippen molar-refractivity contribution in [3.05, 3.63) is 29.5 Å². The summed E-state index contributed by atoms with van der Waals surface area (Å²) in [4.78, 5) is 12.2. The molecule has 0 amide bonds. The highest BCUT2D eigenvalue weighted by molar-refractivity contribution is 7.89. The second-order valence-electron chi connectivity index (χ2n) is 6.94. The van der Waals surface area contributed by atoms with Crippen molar-refractivity contribution < 1.29 is 22.4 Å². The van der Waals surface area contributed by atoms with Crippen molar-refractivity contribution in [1.82, 2.24) is 9.62 Å². The number of nitrogens with one attached hydrogen (secondary N) is 1. The van der Waals surface area contributed by atoms with Gasteiger partial charge in [0.2, 0.25) is 15.8 Å². The molecule has 1 N–H and O–H groups in total. The Balaban J connectivity index is 0.00000210. The first-order valence-corrected chi connectivity index (χ1v) is 10.3. The molecule has 9 heteroatoms. The van der Waals surface area contributed by atoms with Crippen LogP contribution in [0.1, 0.15) is 23.0 Å². The molecular formula is C18H23ClN2O5S. The number of nitrogens with zero attached hydrogens (tertiary/aromatic N) is 1. The summed E-state index contributed by atoms with van der Waals surface area (Å²) in [6, 6.07) is 4.75. The van der Waals surface area contributed by atoms with Crippen LogP contribution in [-0.2, 0) is 14.8 Å². The highest BCUT2D eigenvalue weighted by Crippen LogP contribution is 2.33. The van der Waals surface area contributed by atoms with Gasteiger partial charge in [0, 0.05) is 24.0 Å². The Kier molecular flexibility index (Phi) is 5.54. The fraction of sp³-hybridized carbons (Fsp3) is 0.500. The first-order valence-electron chi connectivity index (χ1n) is 8.83. The van der Waals surface area contributed by atoms with E-state index in [4.69, 9.17) is 9.15 Å². The summed E-state index contributed by atoms with van der Waals surface area (Å²) in [5, 5.41) is 3.93. The van der Waals surface area contributed by atoms with E-state index in [9.17, 15) is 13.2 Å². The number of carbonyl (C=O) groups is 1. The van der Waals surface area contributed by atoms with Gasteiger partial charge in [-0.05, 0) is 57.0 Å².